The van der Waals surface area contributed by atoms with Gasteiger partial charge in [0.1, 0.15) is 0 Å². The number of carboxylic acid groups (broad SMARTS) is 1. The molecule has 0 aromatic heterocycles. The molecule has 4 N–H and O–H groups in total. The highest BCUT2D eigenvalue weighted by atomic mass is 35.5. The third-order valence-corrected chi connectivity index (χ3v) is 6.80. The summed E-state index contributed by atoms with van der Waals surface area (Å²) >= 11 is 18.2. The van der Waals surface area contributed by atoms with Crippen LogP contribution < -0.4 is 15.5 Å². The van der Waals surface area contributed by atoms with Gasteiger partial charge in [-0.25, -0.2) is 9.59 Å². The van der Waals surface area contributed by atoms with Gasteiger partial charge in [-0.1, -0.05) is 59.6 Å². The molecule has 0 aliphatic heterocycles. The molecule has 2 atom stereocenters. The van der Waals surface area contributed by atoms with E-state index in [1.165, 1.54) is 0 Å². The van der Waals surface area contributed by atoms with Gasteiger partial charge in [-0.15, -0.1) is 11.6 Å². The first-order chi connectivity index (χ1) is 20.0. The number of nitrogens with one attached hydrogen (secondary N) is 2. The van der Waals surface area contributed by atoms with Crippen LogP contribution in [-0.2, 0) is 11.3 Å². The average molecular weight is 633 g/mol. The summed E-state index contributed by atoms with van der Waals surface area (Å²) in [6.07, 6.45) is 5.31. The molecule has 11 heteroatoms. The van der Waals surface area contributed by atoms with Crippen LogP contribution in [0.1, 0.15) is 47.7 Å². The largest absolute Gasteiger partial charge is 0.479 e. The van der Waals surface area contributed by atoms with E-state index in [0.29, 0.717) is 21.4 Å². The van der Waals surface area contributed by atoms with Crippen molar-refractivity contribution in [3.8, 4) is 0 Å². The molecule has 8 nitrogen and oxygen atoms in total. The van der Waals surface area contributed by atoms with Gasteiger partial charge in [-0.3, -0.25) is 9.69 Å². The van der Waals surface area contributed by atoms with Gasteiger partial charge in [0, 0.05) is 32.4 Å². The minimum absolute atomic E-state index is 0.156. The molecule has 3 amide bonds. The van der Waals surface area contributed by atoms with Gasteiger partial charge in [0.05, 0.1) is 13.1 Å². The highest BCUT2D eigenvalue weighted by Gasteiger charge is 2.18. The van der Waals surface area contributed by atoms with Crippen molar-refractivity contribution in [2.24, 2.45) is 0 Å². The van der Waals surface area contributed by atoms with Crippen molar-refractivity contribution >= 4 is 70.2 Å². The normalized spacial score (nSPS) is 12.5. The molecule has 3 aromatic carbocycles. The van der Waals surface area contributed by atoms with Crippen molar-refractivity contribution in [2.45, 2.75) is 44.2 Å². The molecule has 0 spiro atoms. The number of urea groups is 1. The summed E-state index contributed by atoms with van der Waals surface area (Å²) in [7, 11) is 0. The first-order valence-electron chi connectivity index (χ1n) is 13.2. The van der Waals surface area contributed by atoms with E-state index in [-0.39, 0.29) is 17.5 Å². The number of aliphatic hydroxyl groups is 1. The van der Waals surface area contributed by atoms with E-state index in [0.717, 1.165) is 30.4 Å². The summed E-state index contributed by atoms with van der Waals surface area (Å²) in [5.41, 5.74) is 3.07. The van der Waals surface area contributed by atoms with Crippen LogP contribution >= 0.6 is 34.8 Å². The summed E-state index contributed by atoms with van der Waals surface area (Å²) < 4.78 is 0. The number of allylic oxidation sites excluding steroid dienone is 1. The third-order valence-electron chi connectivity index (χ3n) is 6.14. The Kier molecular flexibility index (Phi) is 12.7. The predicted molar refractivity (Wildman–Crippen MR) is 169 cm³/mol. The lowest BCUT2D eigenvalue weighted by Crippen LogP contribution is -2.36. The minimum atomic E-state index is -1.70. The summed E-state index contributed by atoms with van der Waals surface area (Å²) in [5.74, 6) is -1.96. The van der Waals surface area contributed by atoms with Crippen molar-refractivity contribution in [3.63, 3.8) is 0 Å². The van der Waals surface area contributed by atoms with Crippen LogP contribution in [0.25, 0.3) is 6.08 Å². The van der Waals surface area contributed by atoms with Gasteiger partial charge >= 0.3 is 12.0 Å². The molecule has 3 aromatic rings. The van der Waals surface area contributed by atoms with Crippen LogP contribution in [0, 0.1) is 0 Å². The maximum Gasteiger partial charge on any atom is 0.334 e. The molecule has 0 aliphatic carbocycles. The van der Waals surface area contributed by atoms with Crippen LogP contribution in [0.4, 0.5) is 16.2 Å². The van der Waals surface area contributed by atoms with Crippen molar-refractivity contribution in [3.05, 3.63) is 99.5 Å². The van der Waals surface area contributed by atoms with Crippen molar-refractivity contribution in [1.82, 2.24) is 5.32 Å². The topological polar surface area (TPSA) is 119 Å². The predicted octanol–water partition coefficient (Wildman–Crippen LogP) is 7.22. The van der Waals surface area contributed by atoms with Gasteiger partial charge < -0.3 is 20.8 Å². The Bertz CT molecular complexity index is 1380. The van der Waals surface area contributed by atoms with Crippen molar-refractivity contribution in [1.29, 1.82) is 0 Å². The van der Waals surface area contributed by atoms with E-state index >= 15 is 0 Å². The summed E-state index contributed by atoms with van der Waals surface area (Å²) in [6.45, 7) is 1.73. The SMILES string of the molecule is CC(Cl)CCCC=Cc1ccc(N(Cc2ccc(C(=O)NC[C@@H](O)C(=O)O)cc2)C(=O)Nc2cc(Cl)cc(Cl)c2)cc1. The number of hydrogen-bond acceptors (Lipinski definition) is 4. The van der Waals surface area contributed by atoms with Gasteiger partial charge in [-0.2, -0.15) is 0 Å². The van der Waals surface area contributed by atoms with Gasteiger partial charge in [-0.05, 0) is 79.8 Å². The molecule has 0 radical (unpaired) electrons. The first kappa shape index (κ1) is 32.9. The third kappa shape index (κ3) is 10.7. The lowest BCUT2D eigenvalue weighted by molar-refractivity contribution is -0.146. The Balaban J connectivity index is 1.77. The van der Waals surface area contributed by atoms with Crippen LogP contribution in [0.5, 0.6) is 0 Å². The highest BCUT2D eigenvalue weighted by molar-refractivity contribution is 6.35. The molecule has 0 heterocycles. The van der Waals surface area contributed by atoms with Gasteiger partial charge in [0.15, 0.2) is 6.10 Å². The second-order valence-electron chi connectivity index (χ2n) is 9.64. The highest BCUT2D eigenvalue weighted by Crippen LogP contribution is 2.25. The molecule has 0 saturated carbocycles. The summed E-state index contributed by atoms with van der Waals surface area (Å²) in [6, 6.07) is 18.4. The van der Waals surface area contributed by atoms with Crippen LogP contribution in [0.2, 0.25) is 10.0 Å². The monoisotopic (exact) mass is 631 g/mol. The Morgan fingerprint density at radius 2 is 1.62 bits per heavy atom. The molecular formula is C31H32Cl3N3O5. The maximum absolute atomic E-state index is 13.5. The molecule has 0 bridgehead atoms. The first-order valence-corrected chi connectivity index (χ1v) is 14.4. The van der Waals surface area contributed by atoms with Gasteiger partial charge in [0.2, 0.25) is 0 Å². The smallest absolute Gasteiger partial charge is 0.334 e. The fourth-order valence-electron chi connectivity index (χ4n) is 3.92. The number of unbranched alkanes of at least 4 members (excludes halogenated alkanes) is 1. The van der Waals surface area contributed by atoms with E-state index in [9.17, 15) is 19.5 Å². The average Bonchev–Trinajstić information content (AvgIpc) is 2.94. The van der Waals surface area contributed by atoms with Crippen molar-refractivity contribution in [2.75, 3.05) is 16.8 Å². The number of aliphatic hydroxyl groups excluding tert-OH is 1. The van der Waals surface area contributed by atoms with E-state index in [4.69, 9.17) is 39.9 Å². The number of amides is 3. The minimum Gasteiger partial charge on any atom is -0.479 e. The maximum atomic E-state index is 13.5. The Hall–Kier alpha value is -3.56. The van der Waals surface area contributed by atoms with E-state index in [2.05, 4.69) is 16.7 Å². The fourth-order valence-corrected chi connectivity index (χ4v) is 4.60. The van der Waals surface area contributed by atoms with E-state index in [1.807, 2.05) is 37.3 Å². The number of nitrogens with zero attached hydrogens (tertiary/aromatic N) is 1. The number of rotatable bonds is 13. The molecule has 0 saturated heterocycles. The van der Waals surface area contributed by atoms with Crippen LogP contribution in [-0.4, -0.2) is 46.1 Å². The summed E-state index contributed by atoms with van der Waals surface area (Å²) in [5, 5.41) is 24.3. The Labute approximate surface area is 259 Å². The molecule has 3 rings (SSSR count). The van der Waals surface area contributed by atoms with E-state index in [1.54, 1.807) is 47.4 Å². The number of anilines is 2. The zero-order valence-corrected chi connectivity index (χ0v) is 25.2. The number of hydrogen-bond donors (Lipinski definition) is 4. The lowest BCUT2D eigenvalue weighted by atomic mass is 10.1. The second-order valence-corrected chi connectivity index (χ2v) is 11.3. The molecule has 1 unspecified atom stereocenters. The standard InChI is InChI=1S/C31H32Cl3N3O5/c1-20(32)5-3-2-4-6-21-9-13-27(14-10-21)37(31(42)36-26-16-24(33)15-25(34)17-26)19-22-7-11-23(12-8-22)29(39)35-18-28(38)30(40)41/h4,6-17,20,28,38H,2-3,5,18-19H2,1H3,(H,35,39)(H,36,42)(H,40,41)/t20?,28-/m1/s1. The number of carbonyl (C=O) groups excluding carboxylic acids is 2. The van der Waals surface area contributed by atoms with E-state index < -0.39 is 30.6 Å². The number of alkyl halides is 1. The number of halogens is 3. The molecule has 0 aliphatic rings. The number of carboxylic acids is 1. The summed E-state index contributed by atoms with van der Waals surface area (Å²) in [4.78, 5) is 38.1. The Morgan fingerprint density at radius 1 is 0.976 bits per heavy atom. The zero-order valence-electron chi connectivity index (χ0n) is 22.9. The lowest BCUT2D eigenvalue weighted by Gasteiger charge is -2.24. The number of carbonyl (C=O) groups is 3. The second kappa shape index (κ2) is 16.2. The van der Waals surface area contributed by atoms with Crippen LogP contribution in [0.3, 0.4) is 0 Å². The molecule has 42 heavy (non-hydrogen) atoms. The fraction of sp³-hybridized carbons (Fsp3) is 0.258. The Morgan fingerprint density at radius 3 is 2.21 bits per heavy atom. The quantitative estimate of drug-likeness (QED) is 0.117. The van der Waals surface area contributed by atoms with Crippen molar-refractivity contribution < 1.29 is 24.6 Å². The molecule has 222 valence electrons. The number of benzene rings is 3. The van der Waals surface area contributed by atoms with Crippen LogP contribution in [0.15, 0.2) is 72.8 Å². The number of aliphatic carboxylic acids is 1. The molecule has 0 fully saturated rings. The zero-order chi connectivity index (χ0) is 30.6. The van der Waals surface area contributed by atoms with Gasteiger partial charge in [0.25, 0.3) is 5.91 Å². The molecular weight excluding hydrogens is 601 g/mol.